The van der Waals surface area contributed by atoms with E-state index in [0.29, 0.717) is 0 Å². The average molecular weight is 248 g/mol. The molecule has 0 atom stereocenters. The van der Waals surface area contributed by atoms with Crippen LogP contribution in [0.15, 0.2) is 12.1 Å². The molecule has 0 unspecified atom stereocenters. The highest BCUT2D eigenvalue weighted by Gasteiger charge is 2.25. The molecule has 1 rings (SSSR count). The van der Waals surface area contributed by atoms with Gasteiger partial charge in [-0.3, -0.25) is 10.1 Å². The number of rotatable bonds is 3. The van der Waals surface area contributed by atoms with Crippen LogP contribution < -0.4 is 0 Å². The van der Waals surface area contributed by atoms with Gasteiger partial charge >= 0.3 is 11.7 Å². The Hall–Kier alpha value is -1.69. The Morgan fingerprint density at radius 2 is 2.25 bits per heavy atom. The van der Waals surface area contributed by atoms with Gasteiger partial charge in [0.1, 0.15) is 5.02 Å². The topological polar surface area (TPSA) is 69.4 Å². The highest BCUT2D eigenvalue weighted by atomic mass is 35.5. The molecule has 86 valence electrons. The first-order valence-electron chi connectivity index (χ1n) is 4.28. The molecule has 5 nitrogen and oxygen atoms in total. The molecule has 7 heteroatoms. The van der Waals surface area contributed by atoms with E-state index < -0.39 is 27.4 Å². The van der Waals surface area contributed by atoms with Crippen molar-refractivity contribution in [3.63, 3.8) is 0 Å². The number of nitro groups is 1. The Bertz CT molecular complexity index is 449. The minimum Gasteiger partial charge on any atom is -0.462 e. The number of carbonyl (C=O) groups is 1. The third-order valence-corrected chi connectivity index (χ3v) is 2.13. The molecule has 1 aromatic rings. The van der Waals surface area contributed by atoms with Crippen LogP contribution in [-0.4, -0.2) is 17.5 Å². The zero-order valence-corrected chi connectivity index (χ0v) is 8.95. The second-order valence-corrected chi connectivity index (χ2v) is 3.11. The van der Waals surface area contributed by atoms with Crippen molar-refractivity contribution in [1.82, 2.24) is 0 Å². The monoisotopic (exact) mass is 247 g/mol. The standard InChI is InChI=1S/C9H7ClFNO4/c1-2-16-9(13)5-3-4-6(11)8(7(5)10)12(14)15/h3-4H,2H2,1H3. The summed E-state index contributed by atoms with van der Waals surface area (Å²) in [4.78, 5) is 20.8. The van der Waals surface area contributed by atoms with Crippen molar-refractivity contribution in [2.45, 2.75) is 6.92 Å². The molecule has 0 saturated carbocycles. The molecule has 0 spiro atoms. The van der Waals surface area contributed by atoms with Crippen molar-refractivity contribution in [3.8, 4) is 0 Å². The third-order valence-electron chi connectivity index (χ3n) is 1.74. The number of nitro benzene ring substituents is 1. The zero-order valence-electron chi connectivity index (χ0n) is 8.20. The minimum absolute atomic E-state index is 0.0976. The van der Waals surface area contributed by atoms with E-state index in [2.05, 4.69) is 4.74 Å². The number of carbonyl (C=O) groups excluding carboxylic acids is 1. The molecule has 16 heavy (non-hydrogen) atoms. The summed E-state index contributed by atoms with van der Waals surface area (Å²) in [5, 5.41) is 9.95. The second kappa shape index (κ2) is 4.89. The molecule has 1 aromatic carbocycles. The van der Waals surface area contributed by atoms with Crippen LogP contribution in [0.25, 0.3) is 0 Å². The molecular formula is C9H7ClFNO4. The summed E-state index contributed by atoms with van der Waals surface area (Å²) in [5.41, 5.74) is -1.15. The van der Waals surface area contributed by atoms with Crippen LogP contribution in [0.1, 0.15) is 17.3 Å². The Balaban J connectivity index is 3.29. The largest absolute Gasteiger partial charge is 0.462 e. The van der Waals surface area contributed by atoms with Gasteiger partial charge in [-0.2, -0.15) is 4.39 Å². The van der Waals surface area contributed by atoms with Crippen LogP contribution >= 0.6 is 11.6 Å². The fraction of sp³-hybridized carbons (Fsp3) is 0.222. The maximum Gasteiger partial charge on any atom is 0.339 e. The lowest BCUT2D eigenvalue weighted by molar-refractivity contribution is -0.387. The number of hydrogen-bond donors (Lipinski definition) is 0. The highest BCUT2D eigenvalue weighted by Crippen LogP contribution is 2.31. The van der Waals surface area contributed by atoms with Crippen LogP contribution in [0.4, 0.5) is 10.1 Å². The first kappa shape index (κ1) is 12.4. The number of halogens is 2. The van der Waals surface area contributed by atoms with Crippen LogP contribution in [0.3, 0.4) is 0 Å². The molecule has 0 amide bonds. The lowest BCUT2D eigenvalue weighted by Gasteiger charge is -2.04. The molecule has 0 bridgehead atoms. The quantitative estimate of drug-likeness (QED) is 0.468. The molecule has 0 aliphatic rings. The Morgan fingerprint density at radius 1 is 1.62 bits per heavy atom. The van der Waals surface area contributed by atoms with E-state index in [0.717, 1.165) is 12.1 Å². The zero-order chi connectivity index (χ0) is 12.3. The predicted octanol–water partition coefficient (Wildman–Crippen LogP) is 2.56. The van der Waals surface area contributed by atoms with Crippen LogP contribution in [0, 0.1) is 15.9 Å². The molecule has 0 aliphatic carbocycles. The van der Waals surface area contributed by atoms with Crippen molar-refractivity contribution in [2.24, 2.45) is 0 Å². The molecule has 0 aliphatic heterocycles. The van der Waals surface area contributed by atoms with Gasteiger partial charge in [0.25, 0.3) is 0 Å². The lowest BCUT2D eigenvalue weighted by Crippen LogP contribution is -2.07. The van der Waals surface area contributed by atoms with Crippen molar-refractivity contribution in [2.75, 3.05) is 6.61 Å². The van der Waals surface area contributed by atoms with E-state index in [1.807, 2.05) is 0 Å². The Labute approximate surface area is 94.9 Å². The molecule has 0 saturated heterocycles. The molecular weight excluding hydrogens is 241 g/mol. The van der Waals surface area contributed by atoms with E-state index in [9.17, 15) is 19.3 Å². The minimum atomic E-state index is -1.09. The Kier molecular flexibility index (Phi) is 3.78. The summed E-state index contributed by atoms with van der Waals surface area (Å²) >= 11 is 5.56. The van der Waals surface area contributed by atoms with Gasteiger partial charge in [0, 0.05) is 0 Å². The summed E-state index contributed by atoms with van der Waals surface area (Å²) in [6.07, 6.45) is 0. The highest BCUT2D eigenvalue weighted by molar-refractivity contribution is 6.35. The number of ether oxygens (including phenoxy) is 1. The molecule has 0 radical (unpaired) electrons. The van der Waals surface area contributed by atoms with E-state index in [-0.39, 0.29) is 12.2 Å². The third kappa shape index (κ3) is 2.27. The summed E-state index contributed by atoms with van der Waals surface area (Å²) in [7, 11) is 0. The SMILES string of the molecule is CCOC(=O)c1ccc(F)c([N+](=O)[O-])c1Cl. The van der Waals surface area contributed by atoms with Crippen molar-refractivity contribution < 1.29 is 18.8 Å². The van der Waals surface area contributed by atoms with Gasteiger partial charge in [0.05, 0.1) is 17.1 Å². The van der Waals surface area contributed by atoms with E-state index in [1.54, 1.807) is 6.92 Å². The second-order valence-electron chi connectivity index (χ2n) is 2.74. The van der Waals surface area contributed by atoms with Crippen LogP contribution in [0.5, 0.6) is 0 Å². The number of esters is 1. The first-order chi connectivity index (χ1) is 7.49. The summed E-state index contributed by atoms with van der Waals surface area (Å²) in [6.45, 7) is 1.67. The lowest BCUT2D eigenvalue weighted by atomic mass is 10.2. The van der Waals surface area contributed by atoms with Crippen molar-refractivity contribution in [3.05, 3.63) is 38.7 Å². The van der Waals surface area contributed by atoms with Gasteiger partial charge in [0.15, 0.2) is 0 Å². The molecule has 0 aromatic heterocycles. The molecule has 0 N–H and O–H groups in total. The van der Waals surface area contributed by atoms with Gasteiger partial charge in [0.2, 0.25) is 5.82 Å². The van der Waals surface area contributed by atoms with Crippen LogP contribution in [-0.2, 0) is 4.74 Å². The first-order valence-corrected chi connectivity index (χ1v) is 4.66. The van der Waals surface area contributed by atoms with Gasteiger partial charge < -0.3 is 4.74 Å². The van der Waals surface area contributed by atoms with Gasteiger partial charge in [-0.05, 0) is 19.1 Å². The normalized spacial score (nSPS) is 9.94. The fourth-order valence-corrected chi connectivity index (χ4v) is 1.37. The van der Waals surface area contributed by atoms with Gasteiger partial charge in [-0.15, -0.1) is 0 Å². The van der Waals surface area contributed by atoms with Crippen LogP contribution in [0.2, 0.25) is 5.02 Å². The summed E-state index contributed by atoms with van der Waals surface area (Å²) in [6, 6.07) is 1.85. The predicted molar refractivity (Wildman–Crippen MR) is 54.0 cm³/mol. The van der Waals surface area contributed by atoms with E-state index in [4.69, 9.17) is 11.6 Å². The number of nitrogens with zero attached hydrogens (tertiary/aromatic N) is 1. The van der Waals surface area contributed by atoms with Gasteiger partial charge in [-0.1, -0.05) is 11.6 Å². The maximum absolute atomic E-state index is 13.1. The van der Waals surface area contributed by atoms with E-state index >= 15 is 0 Å². The van der Waals surface area contributed by atoms with Gasteiger partial charge in [-0.25, -0.2) is 4.79 Å². The smallest absolute Gasteiger partial charge is 0.339 e. The molecule has 0 fully saturated rings. The fourth-order valence-electron chi connectivity index (χ4n) is 1.07. The summed E-state index contributed by atoms with van der Waals surface area (Å²) < 4.78 is 17.7. The summed E-state index contributed by atoms with van der Waals surface area (Å²) in [5.74, 6) is -1.92. The van der Waals surface area contributed by atoms with Crippen molar-refractivity contribution in [1.29, 1.82) is 0 Å². The number of benzene rings is 1. The number of hydrogen-bond acceptors (Lipinski definition) is 4. The maximum atomic E-state index is 13.1. The van der Waals surface area contributed by atoms with Crippen molar-refractivity contribution >= 4 is 23.3 Å². The van der Waals surface area contributed by atoms with E-state index in [1.165, 1.54) is 0 Å². The average Bonchev–Trinajstić information content (AvgIpc) is 2.17. The molecule has 0 heterocycles. The Morgan fingerprint density at radius 3 is 2.75 bits per heavy atom.